The van der Waals surface area contributed by atoms with Crippen LogP contribution in [0.1, 0.15) is 18.5 Å². The van der Waals surface area contributed by atoms with E-state index in [1.807, 2.05) is 18.3 Å². The van der Waals surface area contributed by atoms with E-state index in [9.17, 15) is 0 Å². The molecule has 0 spiro atoms. The van der Waals surface area contributed by atoms with Crippen LogP contribution in [0.25, 0.3) is 0 Å². The minimum Gasteiger partial charge on any atom is -0.328 e. The van der Waals surface area contributed by atoms with Gasteiger partial charge in [0.05, 0.1) is 0 Å². The van der Waals surface area contributed by atoms with Crippen LogP contribution in [0.15, 0.2) is 24.4 Å². The molecule has 1 aromatic rings. The van der Waals surface area contributed by atoms with Gasteiger partial charge in [-0.05, 0) is 25.0 Å². The van der Waals surface area contributed by atoms with Gasteiger partial charge in [-0.15, -0.1) is 0 Å². The standard InChI is InChI=1S/C11H17N3/c12-9-7-11(8-9)14-6-4-10-3-1-2-5-13-10/h1-3,5,9,11,14H,4,6-8,12H2. The lowest BCUT2D eigenvalue weighted by atomic mass is 9.87. The van der Waals surface area contributed by atoms with E-state index >= 15 is 0 Å². The molecule has 1 aromatic heterocycles. The maximum absolute atomic E-state index is 5.70. The Kier molecular flexibility index (Phi) is 3.11. The summed E-state index contributed by atoms with van der Waals surface area (Å²) in [6, 6.07) is 7.12. The highest BCUT2D eigenvalue weighted by molar-refractivity contribution is 5.03. The summed E-state index contributed by atoms with van der Waals surface area (Å²) in [7, 11) is 0. The molecular formula is C11H17N3. The van der Waals surface area contributed by atoms with Gasteiger partial charge in [0.2, 0.25) is 0 Å². The summed E-state index contributed by atoms with van der Waals surface area (Å²) < 4.78 is 0. The van der Waals surface area contributed by atoms with E-state index in [4.69, 9.17) is 5.73 Å². The van der Waals surface area contributed by atoms with Gasteiger partial charge in [-0.25, -0.2) is 0 Å². The third kappa shape index (κ3) is 2.53. The van der Waals surface area contributed by atoms with Crippen molar-refractivity contribution in [2.45, 2.75) is 31.3 Å². The monoisotopic (exact) mass is 191 g/mol. The Morgan fingerprint density at radius 1 is 1.43 bits per heavy atom. The second-order valence-corrected chi connectivity index (χ2v) is 3.95. The van der Waals surface area contributed by atoms with Crippen LogP contribution >= 0.6 is 0 Å². The van der Waals surface area contributed by atoms with Crippen LogP contribution in [-0.2, 0) is 6.42 Å². The maximum atomic E-state index is 5.70. The van der Waals surface area contributed by atoms with Gasteiger partial charge in [-0.1, -0.05) is 6.07 Å². The molecule has 0 atom stereocenters. The summed E-state index contributed by atoms with van der Waals surface area (Å²) in [5, 5.41) is 3.48. The Hall–Kier alpha value is -0.930. The molecule has 2 rings (SSSR count). The first-order chi connectivity index (χ1) is 6.84. The van der Waals surface area contributed by atoms with Crippen molar-refractivity contribution in [2.24, 2.45) is 5.73 Å². The quantitative estimate of drug-likeness (QED) is 0.736. The molecule has 0 amide bonds. The Labute approximate surface area is 84.7 Å². The lowest BCUT2D eigenvalue weighted by Crippen LogP contribution is -2.48. The number of nitrogens with two attached hydrogens (primary N) is 1. The molecule has 0 saturated heterocycles. The molecule has 1 aliphatic carbocycles. The number of hydrogen-bond acceptors (Lipinski definition) is 3. The second-order valence-electron chi connectivity index (χ2n) is 3.95. The molecule has 0 aromatic carbocycles. The number of nitrogens with zero attached hydrogens (tertiary/aromatic N) is 1. The molecule has 3 N–H and O–H groups in total. The first-order valence-corrected chi connectivity index (χ1v) is 5.23. The fourth-order valence-electron chi connectivity index (χ4n) is 1.78. The van der Waals surface area contributed by atoms with Gasteiger partial charge < -0.3 is 11.1 Å². The molecule has 1 saturated carbocycles. The van der Waals surface area contributed by atoms with Crippen molar-refractivity contribution >= 4 is 0 Å². The minimum atomic E-state index is 0.433. The third-order valence-electron chi connectivity index (χ3n) is 2.71. The topological polar surface area (TPSA) is 50.9 Å². The zero-order valence-electron chi connectivity index (χ0n) is 8.32. The maximum Gasteiger partial charge on any atom is 0.0416 e. The van der Waals surface area contributed by atoms with Gasteiger partial charge in [0.15, 0.2) is 0 Å². The lowest BCUT2D eigenvalue weighted by Gasteiger charge is -2.33. The van der Waals surface area contributed by atoms with Crippen LogP contribution in [-0.4, -0.2) is 23.6 Å². The SMILES string of the molecule is NC1CC(NCCc2ccccn2)C1. The normalized spacial score (nSPS) is 25.8. The summed E-state index contributed by atoms with van der Waals surface area (Å²) in [5.41, 5.74) is 6.86. The predicted molar refractivity (Wildman–Crippen MR) is 56.9 cm³/mol. The van der Waals surface area contributed by atoms with Gasteiger partial charge >= 0.3 is 0 Å². The van der Waals surface area contributed by atoms with Gasteiger partial charge in [0, 0.05) is 36.9 Å². The molecule has 3 heteroatoms. The van der Waals surface area contributed by atoms with E-state index < -0.39 is 0 Å². The highest BCUT2D eigenvalue weighted by Gasteiger charge is 2.24. The number of rotatable bonds is 4. The summed E-state index contributed by atoms with van der Waals surface area (Å²) in [5.74, 6) is 0. The summed E-state index contributed by atoms with van der Waals surface area (Å²) in [4.78, 5) is 4.27. The Morgan fingerprint density at radius 3 is 2.93 bits per heavy atom. The largest absolute Gasteiger partial charge is 0.328 e. The van der Waals surface area contributed by atoms with E-state index in [1.54, 1.807) is 0 Å². The molecule has 0 bridgehead atoms. The third-order valence-corrected chi connectivity index (χ3v) is 2.71. The number of aromatic nitrogens is 1. The van der Waals surface area contributed by atoms with Crippen molar-refractivity contribution < 1.29 is 0 Å². The molecule has 0 radical (unpaired) electrons. The van der Waals surface area contributed by atoms with Crippen molar-refractivity contribution in [3.63, 3.8) is 0 Å². The minimum absolute atomic E-state index is 0.433. The van der Waals surface area contributed by atoms with Gasteiger partial charge in [0.25, 0.3) is 0 Å². The van der Waals surface area contributed by atoms with Crippen LogP contribution in [0.3, 0.4) is 0 Å². The van der Waals surface area contributed by atoms with Gasteiger partial charge in [-0.2, -0.15) is 0 Å². The number of pyridine rings is 1. The molecule has 0 aliphatic heterocycles. The average Bonchev–Trinajstić information content (AvgIpc) is 2.17. The van der Waals surface area contributed by atoms with E-state index in [-0.39, 0.29) is 0 Å². The van der Waals surface area contributed by atoms with Gasteiger partial charge in [-0.3, -0.25) is 4.98 Å². The van der Waals surface area contributed by atoms with Crippen molar-refractivity contribution in [1.29, 1.82) is 0 Å². The van der Waals surface area contributed by atoms with Crippen molar-refractivity contribution in [2.75, 3.05) is 6.54 Å². The first kappa shape index (κ1) is 9.62. The Bertz CT molecular complexity index is 267. The zero-order chi connectivity index (χ0) is 9.80. The molecule has 1 heterocycles. The van der Waals surface area contributed by atoms with E-state index in [0.29, 0.717) is 12.1 Å². The number of hydrogen-bond donors (Lipinski definition) is 2. The zero-order valence-corrected chi connectivity index (χ0v) is 8.32. The Morgan fingerprint density at radius 2 is 2.29 bits per heavy atom. The summed E-state index contributed by atoms with van der Waals surface area (Å²) in [6.45, 7) is 1.01. The van der Waals surface area contributed by atoms with Crippen molar-refractivity contribution in [3.8, 4) is 0 Å². The molecule has 0 unspecified atom stereocenters. The summed E-state index contributed by atoms with van der Waals surface area (Å²) >= 11 is 0. The van der Waals surface area contributed by atoms with Crippen LogP contribution in [0.5, 0.6) is 0 Å². The average molecular weight is 191 g/mol. The van der Waals surface area contributed by atoms with Crippen LogP contribution in [0.4, 0.5) is 0 Å². The van der Waals surface area contributed by atoms with Crippen molar-refractivity contribution in [1.82, 2.24) is 10.3 Å². The summed E-state index contributed by atoms with van der Waals surface area (Å²) in [6.07, 6.45) is 5.10. The fourth-order valence-corrected chi connectivity index (χ4v) is 1.78. The smallest absolute Gasteiger partial charge is 0.0416 e. The lowest BCUT2D eigenvalue weighted by molar-refractivity contribution is 0.294. The Balaban J connectivity index is 1.64. The molecular weight excluding hydrogens is 174 g/mol. The first-order valence-electron chi connectivity index (χ1n) is 5.23. The van der Waals surface area contributed by atoms with E-state index in [1.165, 1.54) is 0 Å². The van der Waals surface area contributed by atoms with E-state index in [0.717, 1.165) is 31.5 Å². The molecule has 76 valence electrons. The van der Waals surface area contributed by atoms with Crippen LogP contribution in [0.2, 0.25) is 0 Å². The predicted octanol–water partition coefficient (Wildman–Crippen LogP) is 0.703. The van der Waals surface area contributed by atoms with Gasteiger partial charge in [0.1, 0.15) is 0 Å². The van der Waals surface area contributed by atoms with Crippen LogP contribution < -0.4 is 11.1 Å². The van der Waals surface area contributed by atoms with E-state index in [2.05, 4.69) is 16.4 Å². The highest BCUT2D eigenvalue weighted by Crippen LogP contribution is 2.16. The molecule has 1 aliphatic rings. The van der Waals surface area contributed by atoms with Crippen molar-refractivity contribution in [3.05, 3.63) is 30.1 Å². The highest BCUT2D eigenvalue weighted by atomic mass is 14.9. The number of nitrogens with one attached hydrogen (secondary N) is 1. The van der Waals surface area contributed by atoms with Crippen LogP contribution in [0, 0.1) is 0 Å². The molecule has 1 fully saturated rings. The molecule has 14 heavy (non-hydrogen) atoms. The fraction of sp³-hybridized carbons (Fsp3) is 0.545. The molecule has 3 nitrogen and oxygen atoms in total. The second kappa shape index (κ2) is 4.53.